The lowest BCUT2D eigenvalue weighted by Crippen LogP contribution is -2.50. The zero-order valence-electron chi connectivity index (χ0n) is 11.5. The molecule has 1 aromatic heterocycles. The number of likely N-dealkylation sites (N-methyl/N-ethyl adjacent to an activating group) is 1. The highest BCUT2D eigenvalue weighted by Gasteiger charge is 2.36. The minimum absolute atomic E-state index is 0.0706. The summed E-state index contributed by atoms with van der Waals surface area (Å²) in [5.74, 6) is 0.0706. The zero-order valence-corrected chi connectivity index (χ0v) is 12.3. The third-order valence-electron chi connectivity index (χ3n) is 4.03. The van der Waals surface area contributed by atoms with Crippen LogP contribution in [-0.2, 0) is 0 Å². The van der Waals surface area contributed by atoms with Crippen molar-refractivity contribution < 1.29 is 4.79 Å². The molecule has 2 rings (SSSR count). The van der Waals surface area contributed by atoms with Crippen molar-refractivity contribution in [2.24, 2.45) is 0 Å². The predicted molar refractivity (Wildman–Crippen MR) is 76.3 cm³/mol. The van der Waals surface area contributed by atoms with Gasteiger partial charge in [-0.1, -0.05) is 12.8 Å². The number of hydrogen-bond donors (Lipinski definition) is 1. The van der Waals surface area contributed by atoms with Gasteiger partial charge in [0, 0.05) is 17.0 Å². The van der Waals surface area contributed by atoms with E-state index in [1.54, 1.807) is 11.3 Å². The predicted octanol–water partition coefficient (Wildman–Crippen LogP) is 2.66. The first-order valence-electron chi connectivity index (χ1n) is 6.56. The van der Waals surface area contributed by atoms with Gasteiger partial charge in [0.25, 0.3) is 5.91 Å². The molecule has 0 bridgehead atoms. The van der Waals surface area contributed by atoms with Crippen LogP contribution in [0.1, 0.15) is 40.2 Å². The maximum absolute atomic E-state index is 12.1. The summed E-state index contributed by atoms with van der Waals surface area (Å²) >= 11 is 1.56. The summed E-state index contributed by atoms with van der Waals surface area (Å²) in [5, 5.41) is 3.11. The fraction of sp³-hybridized carbons (Fsp3) is 0.643. The van der Waals surface area contributed by atoms with Crippen LogP contribution >= 0.6 is 11.3 Å². The van der Waals surface area contributed by atoms with Crippen molar-refractivity contribution >= 4 is 17.2 Å². The van der Waals surface area contributed by atoms with Gasteiger partial charge in [0.05, 0.1) is 4.88 Å². The van der Waals surface area contributed by atoms with Gasteiger partial charge in [0.2, 0.25) is 0 Å². The minimum Gasteiger partial charge on any atom is -0.349 e. The second kappa shape index (κ2) is 5.41. The molecule has 0 unspecified atom stereocenters. The minimum atomic E-state index is 0.0706. The molecule has 1 saturated carbocycles. The molecular formula is C14H22N2OS. The highest BCUT2D eigenvalue weighted by Crippen LogP contribution is 2.33. The van der Waals surface area contributed by atoms with Crippen LogP contribution in [0.2, 0.25) is 0 Å². The van der Waals surface area contributed by atoms with Gasteiger partial charge in [0.15, 0.2) is 0 Å². The van der Waals surface area contributed by atoms with Gasteiger partial charge in [0.1, 0.15) is 0 Å². The molecule has 1 fully saturated rings. The third kappa shape index (κ3) is 2.75. The Balaban J connectivity index is 1.96. The maximum atomic E-state index is 12.1. The average molecular weight is 266 g/mol. The van der Waals surface area contributed by atoms with Gasteiger partial charge in [-0.2, -0.15) is 0 Å². The van der Waals surface area contributed by atoms with Gasteiger partial charge >= 0.3 is 0 Å². The lowest BCUT2D eigenvalue weighted by atomic mass is 9.96. The Labute approximate surface area is 113 Å². The summed E-state index contributed by atoms with van der Waals surface area (Å²) in [6, 6.07) is 3.91. The second-order valence-corrected chi connectivity index (χ2v) is 6.71. The summed E-state index contributed by atoms with van der Waals surface area (Å²) < 4.78 is 0. The van der Waals surface area contributed by atoms with Crippen molar-refractivity contribution in [3.63, 3.8) is 0 Å². The van der Waals surface area contributed by atoms with Gasteiger partial charge < -0.3 is 10.2 Å². The molecule has 1 amide bonds. The fourth-order valence-electron chi connectivity index (χ4n) is 2.70. The van der Waals surface area contributed by atoms with Crippen LogP contribution in [0.5, 0.6) is 0 Å². The normalized spacial score (nSPS) is 18.2. The summed E-state index contributed by atoms with van der Waals surface area (Å²) in [5.41, 5.74) is 0.169. The molecule has 100 valence electrons. The molecule has 0 spiro atoms. The largest absolute Gasteiger partial charge is 0.349 e. The van der Waals surface area contributed by atoms with Gasteiger partial charge in [-0.05, 0) is 46.0 Å². The van der Waals surface area contributed by atoms with Crippen LogP contribution in [0.4, 0.5) is 0 Å². The molecule has 0 aliphatic heterocycles. The lowest BCUT2D eigenvalue weighted by Gasteiger charge is -2.36. The lowest BCUT2D eigenvalue weighted by molar-refractivity contribution is 0.0904. The summed E-state index contributed by atoms with van der Waals surface area (Å²) in [7, 11) is 4.24. The SMILES string of the molecule is Cc1ccc(C(=O)NCC2(N(C)C)CCCC2)s1. The first kappa shape index (κ1) is 13.6. The van der Waals surface area contributed by atoms with Crippen LogP contribution in [0.15, 0.2) is 12.1 Å². The Hall–Kier alpha value is -0.870. The molecule has 1 aliphatic carbocycles. The average Bonchev–Trinajstić information content (AvgIpc) is 2.95. The first-order valence-corrected chi connectivity index (χ1v) is 7.37. The number of nitrogens with zero attached hydrogens (tertiary/aromatic N) is 1. The topological polar surface area (TPSA) is 32.3 Å². The molecule has 1 N–H and O–H groups in total. The molecule has 0 aromatic carbocycles. The quantitative estimate of drug-likeness (QED) is 0.908. The number of thiophene rings is 1. The molecule has 1 aliphatic rings. The molecule has 1 aromatic rings. The van der Waals surface area contributed by atoms with Gasteiger partial charge in [-0.15, -0.1) is 11.3 Å². The van der Waals surface area contributed by atoms with E-state index >= 15 is 0 Å². The number of carbonyl (C=O) groups is 1. The Bertz CT molecular complexity index is 419. The molecule has 0 atom stereocenters. The van der Waals surface area contributed by atoms with E-state index in [4.69, 9.17) is 0 Å². The maximum Gasteiger partial charge on any atom is 0.261 e. The Morgan fingerprint density at radius 3 is 2.56 bits per heavy atom. The number of hydrogen-bond acceptors (Lipinski definition) is 3. The molecule has 18 heavy (non-hydrogen) atoms. The van der Waals surface area contributed by atoms with E-state index in [-0.39, 0.29) is 11.4 Å². The van der Waals surface area contributed by atoms with Gasteiger partial charge in [-0.25, -0.2) is 0 Å². The summed E-state index contributed by atoms with van der Waals surface area (Å²) in [6.45, 7) is 2.79. The fourth-order valence-corrected chi connectivity index (χ4v) is 3.49. The van der Waals surface area contributed by atoms with Crippen molar-refractivity contribution in [1.82, 2.24) is 10.2 Å². The van der Waals surface area contributed by atoms with E-state index in [1.165, 1.54) is 30.6 Å². The third-order valence-corrected chi connectivity index (χ3v) is 5.02. The number of aryl methyl sites for hydroxylation is 1. The molecule has 0 saturated heterocycles. The summed E-state index contributed by atoms with van der Waals surface area (Å²) in [4.78, 5) is 16.3. The Morgan fingerprint density at radius 2 is 2.06 bits per heavy atom. The Morgan fingerprint density at radius 1 is 1.39 bits per heavy atom. The van der Waals surface area contributed by atoms with E-state index in [9.17, 15) is 4.79 Å². The van der Waals surface area contributed by atoms with Crippen LogP contribution in [-0.4, -0.2) is 37.0 Å². The van der Waals surface area contributed by atoms with Crippen molar-refractivity contribution in [1.29, 1.82) is 0 Å². The number of rotatable bonds is 4. The van der Waals surface area contributed by atoms with Crippen molar-refractivity contribution in [3.05, 3.63) is 21.9 Å². The number of carbonyl (C=O) groups excluding carboxylic acids is 1. The number of amides is 1. The zero-order chi connectivity index (χ0) is 13.2. The van der Waals surface area contributed by atoms with Crippen LogP contribution in [0, 0.1) is 6.92 Å². The van der Waals surface area contributed by atoms with Crippen LogP contribution < -0.4 is 5.32 Å². The number of nitrogens with one attached hydrogen (secondary N) is 1. The monoisotopic (exact) mass is 266 g/mol. The smallest absolute Gasteiger partial charge is 0.261 e. The van der Waals surface area contributed by atoms with E-state index in [1.807, 2.05) is 19.1 Å². The van der Waals surface area contributed by atoms with Crippen LogP contribution in [0.25, 0.3) is 0 Å². The van der Waals surface area contributed by atoms with E-state index in [2.05, 4.69) is 24.3 Å². The molecule has 1 heterocycles. The molecule has 3 nitrogen and oxygen atoms in total. The highest BCUT2D eigenvalue weighted by molar-refractivity contribution is 7.13. The first-order chi connectivity index (χ1) is 8.53. The van der Waals surface area contributed by atoms with Crippen molar-refractivity contribution in [2.45, 2.75) is 38.1 Å². The summed E-state index contributed by atoms with van der Waals surface area (Å²) in [6.07, 6.45) is 4.91. The standard InChI is InChI=1S/C14H22N2OS/c1-11-6-7-12(18-11)13(17)15-10-14(16(2)3)8-4-5-9-14/h6-7H,4-5,8-10H2,1-3H3,(H,15,17). The van der Waals surface area contributed by atoms with E-state index in [0.29, 0.717) is 0 Å². The van der Waals surface area contributed by atoms with Crippen molar-refractivity contribution in [3.8, 4) is 0 Å². The second-order valence-electron chi connectivity index (χ2n) is 5.42. The van der Waals surface area contributed by atoms with Gasteiger partial charge in [-0.3, -0.25) is 4.79 Å². The van der Waals surface area contributed by atoms with E-state index < -0.39 is 0 Å². The van der Waals surface area contributed by atoms with E-state index in [0.717, 1.165) is 11.4 Å². The van der Waals surface area contributed by atoms with Crippen LogP contribution in [0.3, 0.4) is 0 Å². The molecular weight excluding hydrogens is 244 g/mol. The molecule has 0 radical (unpaired) electrons. The Kier molecular flexibility index (Phi) is 4.07. The highest BCUT2D eigenvalue weighted by atomic mass is 32.1. The van der Waals surface area contributed by atoms with Crippen molar-refractivity contribution in [2.75, 3.05) is 20.6 Å². The molecule has 4 heteroatoms.